The molecule has 0 radical (unpaired) electrons. The Bertz CT molecular complexity index is 331. The molecule has 92 valence electrons. The summed E-state index contributed by atoms with van der Waals surface area (Å²) >= 11 is 1.73. The second-order valence-electron chi connectivity index (χ2n) is 6.18. The lowest BCUT2D eigenvalue weighted by atomic mass is 9.98. The molecule has 0 amide bonds. The molecule has 16 heavy (non-hydrogen) atoms. The van der Waals surface area contributed by atoms with Crippen LogP contribution in [0.5, 0.6) is 0 Å². The summed E-state index contributed by atoms with van der Waals surface area (Å²) in [5.74, 6) is 0. The maximum Gasteiger partial charge on any atom is 0.122 e. The molecule has 0 saturated carbocycles. The van der Waals surface area contributed by atoms with Gasteiger partial charge >= 0.3 is 0 Å². The molecule has 3 nitrogen and oxygen atoms in total. The maximum absolute atomic E-state index is 4.24. The minimum atomic E-state index is 0.118. The molecule has 1 aromatic heterocycles. The highest BCUT2D eigenvalue weighted by atomic mass is 32.1. The predicted octanol–water partition coefficient (Wildman–Crippen LogP) is 2.77. The van der Waals surface area contributed by atoms with Crippen molar-refractivity contribution in [1.82, 2.24) is 15.5 Å². The lowest BCUT2D eigenvalue weighted by molar-refractivity contribution is 0.429. The molecule has 0 saturated heterocycles. The molecule has 1 aromatic rings. The third-order valence-corrected chi connectivity index (χ3v) is 3.51. The smallest absolute Gasteiger partial charge is 0.122 e. The summed E-state index contributed by atoms with van der Waals surface area (Å²) in [7, 11) is 0. The molecule has 1 rings (SSSR count). The van der Waals surface area contributed by atoms with Gasteiger partial charge in [0.2, 0.25) is 0 Å². The highest BCUT2D eigenvalue weighted by Gasteiger charge is 2.19. The van der Waals surface area contributed by atoms with Crippen LogP contribution in [0.25, 0.3) is 0 Å². The van der Waals surface area contributed by atoms with Crippen LogP contribution in [0.3, 0.4) is 0 Å². The summed E-state index contributed by atoms with van der Waals surface area (Å²) in [4.78, 5) is 0. The normalized spacial score (nSPS) is 13.1. The van der Waals surface area contributed by atoms with Crippen LogP contribution in [0, 0.1) is 0 Å². The minimum Gasteiger partial charge on any atom is -0.312 e. The predicted molar refractivity (Wildman–Crippen MR) is 70.1 cm³/mol. The fourth-order valence-electron chi connectivity index (χ4n) is 1.20. The van der Waals surface area contributed by atoms with E-state index in [1.165, 1.54) is 0 Å². The molecule has 0 aliphatic rings. The van der Waals surface area contributed by atoms with Crippen molar-refractivity contribution in [2.24, 2.45) is 0 Å². The van der Waals surface area contributed by atoms with Gasteiger partial charge in [0.25, 0.3) is 0 Å². The van der Waals surface area contributed by atoms with Crippen molar-refractivity contribution < 1.29 is 0 Å². The van der Waals surface area contributed by atoms with E-state index in [2.05, 4.69) is 57.1 Å². The zero-order valence-electron chi connectivity index (χ0n) is 11.2. The van der Waals surface area contributed by atoms with E-state index in [1.54, 1.807) is 11.3 Å². The fraction of sp³-hybridized carbons (Fsp3) is 0.833. The van der Waals surface area contributed by atoms with Gasteiger partial charge < -0.3 is 5.32 Å². The molecule has 4 heteroatoms. The Kier molecular flexibility index (Phi) is 4.07. The van der Waals surface area contributed by atoms with Gasteiger partial charge in [-0.25, -0.2) is 0 Å². The second-order valence-corrected chi connectivity index (χ2v) is 7.24. The van der Waals surface area contributed by atoms with Crippen molar-refractivity contribution in [2.45, 2.75) is 58.9 Å². The number of aromatic nitrogens is 2. The van der Waals surface area contributed by atoms with Gasteiger partial charge in [-0.15, -0.1) is 21.5 Å². The first kappa shape index (κ1) is 13.6. The quantitative estimate of drug-likeness (QED) is 0.884. The van der Waals surface area contributed by atoms with Gasteiger partial charge in [-0.1, -0.05) is 20.8 Å². The van der Waals surface area contributed by atoms with Gasteiger partial charge in [-0.2, -0.15) is 0 Å². The standard InChI is InChI=1S/C12H23N3S/c1-11(2,3)10-15-14-9(16-10)7-8-13-12(4,5)6/h13H,7-8H2,1-6H3. The van der Waals surface area contributed by atoms with Crippen molar-refractivity contribution in [3.8, 4) is 0 Å². The summed E-state index contributed by atoms with van der Waals surface area (Å²) in [5, 5.41) is 14.2. The molecule has 0 aliphatic carbocycles. The lowest BCUT2D eigenvalue weighted by Crippen LogP contribution is -2.37. The average molecular weight is 241 g/mol. The molecule has 0 fully saturated rings. The van der Waals surface area contributed by atoms with E-state index in [0.717, 1.165) is 23.0 Å². The average Bonchev–Trinajstić information content (AvgIpc) is 2.49. The molecule has 0 aromatic carbocycles. The number of hydrogen-bond donors (Lipinski definition) is 1. The molecule has 1 N–H and O–H groups in total. The van der Waals surface area contributed by atoms with E-state index in [1.807, 2.05) is 0 Å². The Morgan fingerprint density at radius 3 is 2.12 bits per heavy atom. The summed E-state index contributed by atoms with van der Waals surface area (Å²) in [6, 6.07) is 0. The van der Waals surface area contributed by atoms with Gasteiger partial charge in [0.05, 0.1) is 0 Å². The van der Waals surface area contributed by atoms with Crippen LogP contribution in [0.1, 0.15) is 51.6 Å². The van der Waals surface area contributed by atoms with Crippen LogP contribution in [-0.4, -0.2) is 22.3 Å². The molecule has 0 spiro atoms. The Hall–Kier alpha value is -0.480. The first-order valence-corrected chi connectivity index (χ1v) is 6.58. The molecular weight excluding hydrogens is 218 g/mol. The van der Waals surface area contributed by atoms with E-state index in [0.29, 0.717) is 0 Å². The number of nitrogens with one attached hydrogen (secondary N) is 1. The van der Waals surface area contributed by atoms with Crippen molar-refractivity contribution >= 4 is 11.3 Å². The van der Waals surface area contributed by atoms with Crippen molar-refractivity contribution in [3.63, 3.8) is 0 Å². The summed E-state index contributed by atoms with van der Waals surface area (Å²) in [6.45, 7) is 14.0. The fourth-order valence-corrected chi connectivity index (χ4v) is 2.10. The van der Waals surface area contributed by atoms with Crippen LogP contribution in [0.4, 0.5) is 0 Å². The Morgan fingerprint density at radius 1 is 1.06 bits per heavy atom. The zero-order valence-corrected chi connectivity index (χ0v) is 12.0. The minimum absolute atomic E-state index is 0.118. The van der Waals surface area contributed by atoms with E-state index in [9.17, 15) is 0 Å². The SMILES string of the molecule is CC(C)(C)NCCc1nnc(C(C)(C)C)s1. The third kappa shape index (κ3) is 4.58. The first-order chi connectivity index (χ1) is 7.18. The zero-order chi connectivity index (χ0) is 12.4. The number of nitrogens with zero attached hydrogens (tertiary/aromatic N) is 2. The Balaban J connectivity index is 2.48. The summed E-state index contributed by atoms with van der Waals surface area (Å²) in [5.41, 5.74) is 0.297. The molecule has 0 bridgehead atoms. The van der Waals surface area contributed by atoms with Crippen molar-refractivity contribution in [1.29, 1.82) is 0 Å². The Labute approximate surface area is 103 Å². The van der Waals surface area contributed by atoms with Crippen LogP contribution in [0.15, 0.2) is 0 Å². The largest absolute Gasteiger partial charge is 0.312 e. The van der Waals surface area contributed by atoms with Crippen molar-refractivity contribution in [3.05, 3.63) is 10.0 Å². The number of rotatable bonds is 3. The van der Waals surface area contributed by atoms with Gasteiger partial charge in [-0.3, -0.25) is 0 Å². The first-order valence-electron chi connectivity index (χ1n) is 5.76. The number of hydrogen-bond acceptors (Lipinski definition) is 4. The molecule has 1 heterocycles. The van der Waals surface area contributed by atoms with E-state index in [4.69, 9.17) is 0 Å². The third-order valence-electron chi connectivity index (χ3n) is 2.10. The monoisotopic (exact) mass is 241 g/mol. The van der Waals surface area contributed by atoms with Crippen LogP contribution in [0.2, 0.25) is 0 Å². The second kappa shape index (κ2) is 4.80. The maximum atomic E-state index is 4.24. The highest BCUT2D eigenvalue weighted by Crippen LogP contribution is 2.25. The van der Waals surface area contributed by atoms with Crippen LogP contribution in [-0.2, 0) is 11.8 Å². The van der Waals surface area contributed by atoms with E-state index in [-0.39, 0.29) is 11.0 Å². The molecular formula is C12H23N3S. The Morgan fingerprint density at radius 2 is 1.69 bits per heavy atom. The van der Waals surface area contributed by atoms with Crippen LogP contribution >= 0.6 is 11.3 Å². The van der Waals surface area contributed by atoms with Gasteiger partial charge in [0.1, 0.15) is 10.0 Å². The summed E-state index contributed by atoms with van der Waals surface area (Å²) in [6.07, 6.45) is 0.963. The lowest BCUT2D eigenvalue weighted by Gasteiger charge is -2.19. The van der Waals surface area contributed by atoms with Crippen molar-refractivity contribution in [2.75, 3.05) is 6.54 Å². The van der Waals surface area contributed by atoms with Gasteiger partial charge in [0, 0.05) is 23.9 Å². The van der Waals surface area contributed by atoms with Gasteiger partial charge in [0.15, 0.2) is 0 Å². The summed E-state index contributed by atoms with van der Waals surface area (Å²) < 4.78 is 0. The van der Waals surface area contributed by atoms with E-state index < -0.39 is 0 Å². The topological polar surface area (TPSA) is 37.8 Å². The van der Waals surface area contributed by atoms with Crippen LogP contribution < -0.4 is 5.32 Å². The molecule has 0 aliphatic heterocycles. The van der Waals surface area contributed by atoms with E-state index >= 15 is 0 Å². The highest BCUT2D eigenvalue weighted by molar-refractivity contribution is 7.11. The molecule has 0 atom stereocenters. The van der Waals surface area contributed by atoms with Gasteiger partial charge in [-0.05, 0) is 20.8 Å². The molecule has 0 unspecified atom stereocenters.